The van der Waals surface area contributed by atoms with E-state index < -0.39 is 0 Å². The summed E-state index contributed by atoms with van der Waals surface area (Å²) in [6, 6.07) is 5.22. The molecule has 0 saturated carbocycles. The first-order valence-electron chi connectivity index (χ1n) is 7.79. The molecule has 5 heteroatoms. The molecule has 0 atom stereocenters. The molecule has 0 bridgehead atoms. The lowest BCUT2D eigenvalue weighted by atomic mass is 10.0. The number of hydrogen-bond donors (Lipinski definition) is 1. The minimum absolute atomic E-state index is 0.193. The summed E-state index contributed by atoms with van der Waals surface area (Å²) < 4.78 is 25.3. The SMILES string of the molecule is Fc1cc(OCC2CCOCC2)ccc1N1CCNCC1. The van der Waals surface area contributed by atoms with Crippen LogP contribution in [-0.4, -0.2) is 46.0 Å². The van der Waals surface area contributed by atoms with Crippen LogP contribution in [0.15, 0.2) is 18.2 Å². The highest BCUT2D eigenvalue weighted by atomic mass is 19.1. The van der Waals surface area contributed by atoms with Gasteiger partial charge in [0.1, 0.15) is 11.6 Å². The predicted molar refractivity (Wildman–Crippen MR) is 80.5 cm³/mol. The zero-order valence-electron chi connectivity index (χ0n) is 12.3. The minimum Gasteiger partial charge on any atom is -0.493 e. The summed E-state index contributed by atoms with van der Waals surface area (Å²) in [5.41, 5.74) is 0.676. The Morgan fingerprint density at radius 1 is 1.24 bits per heavy atom. The summed E-state index contributed by atoms with van der Waals surface area (Å²) in [5.74, 6) is 0.953. The topological polar surface area (TPSA) is 33.7 Å². The van der Waals surface area contributed by atoms with Gasteiger partial charge in [-0.2, -0.15) is 0 Å². The van der Waals surface area contributed by atoms with Gasteiger partial charge < -0.3 is 19.7 Å². The number of piperazine rings is 1. The van der Waals surface area contributed by atoms with Gasteiger partial charge in [-0.1, -0.05) is 0 Å². The quantitative estimate of drug-likeness (QED) is 0.921. The molecule has 2 fully saturated rings. The maximum absolute atomic E-state index is 14.2. The van der Waals surface area contributed by atoms with Crippen molar-refractivity contribution in [2.75, 3.05) is 50.9 Å². The van der Waals surface area contributed by atoms with Gasteiger partial charge in [0, 0.05) is 45.5 Å². The average molecular weight is 294 g/mol. The fourth-order valence-corrected chi connectivity index (χ4v) is 2.87. The standard InChI is InChI=1S/C16H23FN2O2/c17-15-11-14(21-12-13-3-9-20-10-4-13)1-2-16(15)19-7-5-18-6-8-19/h1-2,11,13,18H,3-10,12H2. The van der Waals surface area contributed by atoms with Crippen molar-refractivity contribution in [1.82, 2.24) is 5.32 Å². The number of halogens is 1. The molecule has 3 rings (SSSR count). The summed E-state index contributed by atoms with van der Waals surface area (Å²) in [6.07, 6.45) is 2.06. The second-order valence-corrected chi connectivity index (χ2v) is 5.72. The van der Waals surface area contributed by atoms with Crippen molar-refractivity contribution in [3.8, 4) is 5.75 Å². The molecule has 0 unspecified atom stereocenters. The van der Waals surface area contributed by atoms with Crippen LogP contribution in [0.3, 0.4) is 0 Å². The first-order valence-corrected chi connectivity index (χ1v) is 7.79. The molecule has 116 valence electrons. The lowest BCUT2D eigenvalue weighted by molar-refractivity contribution is 0.0497. The zero-order valence-corrected chi connectivity index (χ0v) is 12.3. The van der Waals surface area contributed by atoms with E-state index in [0.29, 0.717) is 24.0 Å². The molecule has 2 aliphatic rings. The largest absolute Gasteiger partial charge is 0.493 e. The Morgan fingerprint density at radius 3 is 2.71 bits per heavy atom. The third kappa shape index (κ3) is 3.86. The van der Waals surface area contributed by atoms with Gasteiger partial charge >= 0.3 is 0 Å². The Hall–Kier alpha value is -1.33. The fourth-order valence-electron chi connectivity index (χ4n) is 2.87. The Morgan fingerprint density at radius 2 is 2.00 bits per heavy atom. The summed E-state index contributed by atoms with van der Waals surface area (Å²) in [5, 5.41) is 3.27. The summed E-state index contributed by atoms with van der Waals surface area (Å²) >= 11 is 0. The number of nitrogens with zero attached hydrogens (tertiary/aromatic N) is 1. The van der Waals surface area contributed by atoms with Crippen LogP contribution in [0, 0.1) is 11.7 Å². The van der Waals surface area contributed by atoms with Crippen LogP contribution in [0.25, 0.3) is 0 Å². The molecule has 21 heavy (non-hydrogen) atoms. The van der Waals surface area contributed by atoms with E-state index in [9.17, 15) is 4.39 Å². The number of anilines is 1. The lowest BCUT2D eigenvalue weighted by Gasteiger charge is -2.29. The lowest BCUT2D eigenvalue weighted by Crippen LogP contribution is -2.43. The molecule has 2 aliphatic heterocycles. The van der Waals surface area contributed by atoms with Gasteiger partial charge in [0.25, 0.3) is 0 Å². The van der Waals surface area contributed by atoms with Crippen molar-refractivity contribution in [2.45, 2.75) is 12.8 Å². The number of rotatable bonds is 4. The second-order valence-electron chi connectivity index (χ2n) is 5.72. The van der Waals surface area contributed by atoms with E-state index in [1.165, 1.54) is 6.07 Å². The molecule has 2 saturated heterocycles. The molecule has 0 radical (unpaired) electrons. The Kier molecular flexibility index (Phi) is 4.93. The van der Waals surface area contributed by atoms with Crippen molar-refractivity contribution in [1.29, 1.82) is 0 Å². The van der Waals surface area contributed by atoms with E-state index in [1.807, 2.05) is 12.1 Å². The summed E-state index contributed by atoms with van der Waals surface area (Å²) in [7, 11) is 0. The van der Waals surface area contributed by atoms with E-state index in [-0.39, 0.29) is 5.82 Å². The molecule has 1 aromatic rings. The highest BCUT2D eigenvalue weighted by Gasteiger charge is 2.17. The first kappa shape index (κ1) is 14.6. The van der Waals surface area contributed by atoms with Crippen LogP contribution in [0.2, 0.25) is 0 Å². The Labute approximate surface area is 125 Å². The second kappa shape index (κ2) is 7.09. The van der Waals surface area contributed by atoms with Crippen LogP contribution < -0.4 is 15.0 Å². The normalized spacial score (nSPS) is 20.5. The van der Waals surface area contributed by atoms with Crippen molar-refractivity contribution in [2.24, 2.45) is 5.92 Å². The molecule has 0 amide bonds. The average Bonchev–Trinajstić information content (AvgIpc) is 2.55. The maximum atomic E-state index is 14.2. The third-order valence-electron chi connectivity index (χ3n) is 4.20. The monoisotopic (exact) mass is 294 g/mol. The van der Waals surface area contributed by atoms with Gasteiger partial charge in [-0.15, -0.1) is 0 Å². The van der Waals surface area contributed by atoms with Gasteiger partial charge in [0.05, 0.1) is 12.3 Å². The number of hydrogen-bond acceptors (Lipinski definition) is 4. The molecule has 2 heterocycles. The van der Waals surface area contributed by atoms with Gasteiger partial charge in [-0.05, 0) is 30.9 Å². The van der Waals surface area contributed by atoms with Crippen LogP contribution in [-0.2, 0) is 4.74 Å². The maximum Gasteiger partial charge on any atom is 0.150 e. The summed E-state index contributed by atoms with van der Waals surface area (Å²) in [6.45, 7) is 5.77. The molecule has 0 spiro atoms. The highest BCUT2D eigenvalue weighted by Crippen LogP contribution is 2.25. The van der Waals surface area contributed by atoms with E-state index >= 15 is 0 Å². The zero-order chi connectivity index (χ0) is 14.5. The molecule has 1 N–H and O–H groups in total. The van der Waals surface area contributed by atoms with E-state index in [0.717, 1.165) is 52.2 Å². The van der Waals surface area contributed by atoms with Gasteiger partial charge in [0.15, 0.2) is 0 Å². The molecule has 4 nitrogen and oxygen atoms in total. The predicted octanol–water partition coefficient (Wildman–Crippen LogP) is 2.04. The van der Waals surface area contributed by atoms with Gasteiger partial charge in [-0.3, -0.25) is 0 Å². The highest BCUT2D eigenvalue weighted by molar-refractivity contribution is 5.51. The Bertz CT molecular complexity index is 458. The van der Waals surface area contributed by atoms with Crippen LogP contribution in [0.4, 0.5) is 10.1 Å². The number of nitrogens with one attached hydrogen (secondary N) is 1. The molecule has 0 aromatic heterocycles. The van der Waals surface area contributed by atoms with E-state index in [2.05, 4.69) is 10.2 Å². The van der Waals surface area contributed by atoms with Crippen molar-refractivity contribution < 1.29 is 13.9 Å². The summed E-state index contributed by atoms with van der Waals surface area (Å²) in [4.78, 5) is 2.08. The van der Waals surface area contributed by atoms with Crippen LogP contribution >= 0.6 is 0 Å². The Balaban J connectivity index is 1.58. The molecular weight excluding hydrogens is 271 g/mol. The van der Waals surface area contributed by atoms with Crippen molar-refractivity contribution in [3.63, 3.8) is 0 Å². The van der Waals surface area contributed by atoms with Crippen molar-refractivity contribution >= 4 is 5.69 Å². The van der Waals surface area contributed by atoms with Gasteiger partial charge in [-0.25, -0.2) is 4.39 Å². The van der Waals surface area contributed by atoms with Crippen molar-refractivity contribution in [3.05, 3.63) is 24.0 Å². The fraction of sp³-hybridized carbons (Fsp3) is 0.625. The number of ether oxygens (including phenoxy) is 2. The van der Waals surface area contributed by atoms with E-state index in [1.54, 1.807) is 0 Å². The molecule has 1 aromatic carbocycles. The molecular formula is C16H23FN2O2. The minimum atomic E-state index is -0.193. The van der Waals surface area contributed by atoms with Gasteiger partial charge in [0.2, 0.25) is 0 Å². The first-order chi connectivity index (χ1) is 10.3. The van der Waals surface area contributed by atoms with E-state index in [4.69, 9.17) is 9.47 Å². The smallest absolute Gasteiger partial charge is 0.150 e. The number of benzene rings is 1. The third-order valence-corrected chi connectivity index (χ3v) is 4.20. The van der Waals surface area contributed by atoms with Crippen LogP contribution in [0.5, 0.6) is 5.75 Å². The van der Waals surface area contributed by atoms with Crippen LogP contribution in [0.1, 0.15) is 12.8 Å². The molecule has 0 aliphatic carbocycles.